The summed E-state index contributed by atoms with van der Waals surface area (Å²) in [6.45, 7) is 12.1. The topological polar surface area (TPSA) is 90.4 Å². The number of halogens is 1. The van der Waals surface area contributed by atoms with Crippen molar-refractivity contribution in [1.29, 1.82) is 0 Å². The van der Waals surface area contributed by atoms with Crippen LogP contribution in [-0.2, 0) is 32.1 Å². The van der Waals surface area contributed by atoms with E-state index >= 15 is 9.59 Å². The molecule has 0 aliphatic carbocycles. The maximum absolute atomic E-state index is 15.3. The highest BCUT2D eigenvalue weighted by atomic mass is 35.5. The number of carbonyl (C=O) groups excluding carboxylic acids is 3. The highest BCUT2D eigenvalue weighted by Crippen LogP contribution is 2.65. The van der Waals surface area contributed by atoms with E-state index in [9.17, 15) is 9.90 Å². The minimum Gasteiger partial charge on any atom is -0.394 e. The van der Waals surface area contributed by atoms with Crippen LogP contribution in [0.3, 0.4) is 0 Å². The Hall–Kier alpha value is -4.24. The average molecular weight is 696 g/mol. The Morgan fingerprint density at radius 1 is 0.980 bits per heavy atom. The van der Waals surface area contributed by atoms with Gasteiger partial charge in [0.05, 0.1) is 40.8 Å². The van der Waals surface area contributed by atoms with Gasteiger partial charge in [0.15, 0.2) is 0 Å². The lowest BCUT2D eigenvalue weighted by atomic mass is 9.64. The van der Waals surface area contributed by atoms with E-state index in [-0.39, 0.29) is 37.4 Å². The summed E-state index contributed by atoms with van der Waals surface area (Å²) in [5, 5.41) is 11.3. The molecule has 3 aliphatic rings. The predicted octanol–water partition coefficient (Wildman–Crippen LogP) is 6.14. The molecule has 0 aromatic heterocycles. The standard InChI is InChI=1S/C41H46ClN3O5/c1-5-23-43(26-30-18-12-9-13-19-30)37(47)33-34-38(48)45(31(27-46)25-29-16-10-8-11-17-29)36(41(34)22-21-40(33,7-3)50-41)39(49)44(24-6-2)35-28(4)15-14-20-32(35)42/h5-6,8-20,31,33-34,36,46H,1-2,7,21-27H2,3-4H3/t31-,33+,34+,36?,40-,41?/m1/s1. The molecule has 3 aliphatic heterocycles. The van der Waals surface area contributed by atoms with Crippen LogP contribution in [-0.4, -0.2) is 75.6 Å². The van der Waals surface area contributed by atoms with Gasteiger partial charge in [0.1, 0.15) is 11.6 Å². The monoisotopic (exact) mass is 695 g/mol. The molecule has 6 atom stereocenters. The first-order chi connectivity index (χ1) is 24.2. The molecule has 2 bridgehead atoms. The van der Waals surface area contributed by atoms with E-state index in [1.807, 2.05) is 86.6 Å². The second-order valence-electron chi connectivity index (χ2n) is 13.7. The Balaban J connectivity index is 1.49. The van der Waals surface area contributed by atoms with Gasteiger partial charge in [-0.1, -0.05) is 103 Å². The van der Waals surface area contributed by atoms with E-state index in [2.05, 4.69) is 13.2 Å². The quantitative estimate of drug-likeness (QED) is 0.205. The number of anilines is 1. The zero-order valence-electron chi connectivity index (χ0n) is 28.8. The number of nitrogens with zero attached hydrogens (tertiary/aromatic N) is 3. The number of fused-ring (bicyclic) bond motifs is 1. The van der Waals surface area contributed by atoms with Crippen molar-refractivity contribution < 1.29 is 24.2 Å². The number of aryl methyl sites for hydroxylation is 1. The molecule has 9 heteroatoms. The number of aliphatic hydroxyl groups is 1. The Morgan fingerprint density at radius 2 is 1.64 bits per heavy atom. The van der Waals surface area contributed by atoms with Crippen molar-refractivity contribution in [2.24, 2.45) is 11.8 Å². The first kappa shape index (κ1) is 35.6. The van der Waals surface area contributed by atoms with Crippen LogP contribution < -0.4 is 4.90 Å². The molecular weight excluding hydrogens is 650 g/mol. The Kier molecular flexibility index (Phi) is 10.4. The molecule has 3 aromatic carbocycles. The molecule has 3 aromatic rings. The molecule has 6 rings (SSSR count). The predicted molar refractivity (Wildman–Crippen MR) is 196 cm³/mol. The summed E-state index contributed by atoms with van der Waals surface area (Å²) in [5.74, 6) is -2.68. The molecular formula is C41H46ClN3O5. The highest BCUT2D eigenvalue weighted by molar-refractivity contribution is 6.34. The van der Waals surface area contributed by atoms with Crippen LogP contribution in [0.1, 0.15) is 42.9 Å². The van der Waals surface area contributed by atoms with Crippen LogP contribution in [0.2, 0.25) is 5.02 Å². The number of aliphatic hydroxyl groups excluding tert-OH is 1. The van der Waals surface area contributed by atoms with Crippen molar-refractivity contribution in [3.05, 3.63) is 126 Å². The minimum atomic E-state index is -1.30. The third-order valence-corrected chi connectivity index (χ3v) is 11.3. The first-order valence-corrected chi connectivity index (χ1v) is 17.8. The number of para-hydroxylation sites is 1. The number of benzene rings is 3. The molecule has 1 N–H and O–H groups in total. The van der Waals surface area contributed by atoms with Crippen molar-refractivity contribution in [3.8, 4) is 0 Å². The maximum Gasteiger partial charge on any atom is 0.253 e. The van der Waals surface area contributed by atoms with Gasteiger partial charge in [-0.25, -0.2) is 0 Å². The van der Waals surface area contributed by atoms with Gasteiger partial charge in [-0.05, 0) is 55.4 Å². The summed E-state index contributed by atoms with van der Waals surface area (Å²) in [6, 6.07) is 22.9. The normalized spacial score (nSPS) is 25.6. The second kappa shape index (κ2) is 14.5. The average Bonchev–Trinajstić information content (AvgIpc) is 3.73. The lowest BCUT2D eigenvalue weighted by Crippen LogP contribution is -2.59. The second-order valence-corrected chi connectivity index (χ2v) is 14.1. The zero-order chi connectivity index (χ0) is 35.6. The Bertz CT molecular complexity index is 1730. The molecule has 50 heavy (non-hydrogen) atoms. The fourth-order valence-electron chi connectivity index (χ4n) is 8.76. The first-order valence-electron chi connectivity index (χ1n) is 17.4. The Labute approximate surface area is 300 Å². The van der Waals surface area contributed by atoms with Gasteiger partial charge in [-0.15, -0.1) is 13.2 Å². The molecule has 3 saturated heterocycles. The molecule has 2 unspecified atom stereocenters. The van der Waals surface area contributed by atoms with Crippen molar-refractivity contribution >= 4 is 35.0 Å². The maximum atomic E-state index is 15.3. The highest BCUT2D eigenvalue weighted by Gasteiger charge is 2.79. The number of likely N-dealkylation sites (tertiary alicyclic amines) is 1. The summed E-state index contributed by atoms with van der Waals surface area (Å²) < 4.78 is 7.11. The van der Waals surface area contributed by atoms with Crippen LogP contribution in [0.25, 0.3) is 0 Å². The molecule has 3 amide bonds. The number of ether oxygens (including phenoxy) is 1. The summed E-state index contributed by atoms with van der Waals surface area (Å²) in [7, 11) is 0. The van der Waals surface area contributed by atoms with Crippen molar-refractivity contribution in [2.45, 2.75) is 69.4 Å². The van der Waals surface area contributed by atoms with Crippen LogP contribution in [0, 0.1) is 18.8 Å². The van der Waals surface area contributed by atoms with E-state index in [1.165, 1.54) is 0 Å². The third-order valence-electron chi connectivity index (χ3n) is 11.0. The summed E-state index contributed by atoms with van der Waals surface area (Å²) in [5.41, 5.74) is 0.952. The largest absolute Gasteiger partial charge is 0.394 e. The number of hydrogen-bond donors (Lipinski definition) is 1. The lowest BCUT2D eigenvalue weighted by molar-refractivity contribution is -0.153. The number of carbonyl (C=O) groups is 3. The molecule has 1 spiro atoms. The molecule has 3 heterocycles. The molecule has 0 radical (unpaired) electrons. The van der Waals surface area contributed by atoms with Gasteiger partial charge >= 0.3 is 0 Å². The van der Waals surface area contributed by atoms with Gasteiger partial charge in [0, 0.05) is 19.6 Å². The number of hydrogen-bond acceptors (Lipinski definition) is 5. The smallest absolute Gasteiger partial charge is 0.253 e. The van der Waals surface area contributed by atoms with Crippen molar-refractivity contribution in [3.63, 3.8) is 0 Å². The fourth-order valence-corrected chi connectivity index (χ4v) is 9.09. The summed E-state index contributed by atoms with van der Waals surface area (Å²) in [4.78, 5) is 50.2. The van der Waals surface area contributed by atoms with Gasteiger partial charge in [0.2, 0.25) is 11.8 Å². The van der Waals surface area contributed by atoms with Crippen molar-refractivity contribution in [2.75, 3.05) is 24.6 Å². The number of rotatable bonds is 14. The van der Waals surface area contributed by atoms with Crippen LogP contribution in [0.4, 0.5) is 5.69 Å². The van der Waals surface area contributed by atoms with E-state index in [1.54, 1.807) is 32.9 Å². The lowest BCUT2D eigenvalue weighted by Gasteiger charge is -2.40. The van der Waals surface area contributed by atoms with Crippen LogP contribution in [0.5, 0.6) is 0 Å². The van der Waals surface area contributed by atoms with E-state index < -0.39 is 35.1 Å². The van der Waals surface area contributed by atoms with Crippen LogP contribution >= 0.6 is 11.6 Å². The Morgan fingerprint density at radius 3 is 2.24 bits per heavy atom. The zero-order valence-corrected chi connectivity index (χ0v) is 29.6. The summed E-state index contributed by atoms with van der Waals surface area (Å²) >= 11 is 6.76. The number of amides is 3. The molecule has 8 nitrogen and oxygen atoms in total. The minimum absolute atomic E-state index is 0.136. The van der Waals surface area contributed by atoms with E-state index in [0.717, 1.165) is 16.7 Å². The van der Waals surface area contributed by atoms with E-state index in [4.69, 9.17) is 16.3 Å². The SMILES string of the molecule is C=CCN(Cc1ccccc1)C(=O)[C@@H]1[C@H]2C(=O)N([C@@H](CO)Cc3ccccc3)C(C(=O)N(CC=C)c3c(C)cccc3Cl)C23CC[C@@]1(CC)O3. The fraction of sp³-hybridized carbons (Fsp3) is 0.390. The third kappa shape index (κ3) is 5.97. The van der Waals surface area contributed by atoms with Gasteiger partial charge in [0.25, 0.3) is 5.91 Å². The molecule has 262 valence electrons. The molecule has 0 saturated carbocycles. The van der Waals surface area contributed by atoms with Crippen LogP contribution in [0.15, 0.2) is 104 Å². The van der Waals surface area contributed by atoms with E-state index in [0.29, 0.717) is 42.9 Å². The van der Waals surface area contributed by atoms with Gasteiger partial charge in [-0.3, -0.25) is 14.4 Å². The van der Waals surface area contributed by atoms with Crippen molar-refractivity contribution in [1.82, 2.24) is 9.80 Å². The summed E-state index contributed by atoms with van der Waals surface area (Å²) in [6.07, 6.45) is 5.07. The van der Waals surface area contributed by atoms with Gasteiger partial charge in [-0.2, -0.15) is 0 Å². The molecule has 3 fully saturated rings. The van der Waals surface area contributed by atoms with Gasteiger partial charge < -0.3 is 24.5 Å².